The number of hydrogen-bond donors (Lipinski definition) is 1. The zero-order valence-corrected chi connectivity index (χ0v) is 13.2. The number of fused-ring (bicyclic) bond motifs is 1. The maximum atomic E-state index is 12.8. The van der Waals surface area contributed by atoms with Gasteiger partial charge in [0, 0.05) is 28.8 Å². The summed E-state index contributed by atoms with van der Waals surface area (Å²) in [7, 11) is 0. The molecule has 0 bridgehead atoms. The zero-order chi connectivity index (χ0) is 15.0. The SMILES string of the molecule is FC(F)(F)c1ccc(Br)c(NC2CCN3CCCC3C2)c1. The molecule has 2 aliphatic rings. The Hall–Kier alpha value is -0.750. The van der Waals surface area contributed by atoms with E-state index in [4.69, 9.17) is 0 Å². The van der Waals surface area contributed by atoms with Gasteiger partial charge in [0.25, 0.3) is 0 Å². The molecule has 116 valence electrons. The van der Waals surface area contributed by atoms with Crippen molar-refractivity contribution < 1.29 is 13.2 Å². The maximum Gasteiger partial charge on any atom is 0.416 e. The summed E-state index contributed by atoms with van der Waals surface area (Å²) in [5, 5.41) is 3.30. The van der Waals surface area contributed by atoms with Gasteiger partial charge in [0.1, 0.15) is 0 Å². The van der Waals surface area contributed by atoms with Crippen LogP contribution in [-0.4, -0.2) is 30.1 Å². The Morgan fingerprint density at radius 1 is 1.19 bits per heavy atom. The molecule has 3 rings (SSSR count). The monoisotopic (exact) mass is 362 g/mol. The summed E-state index contributed by atoms with van der Waals surface area (Å²) < 4.78 is 39.1. The second-order valence-corrected chi connectivity index (χ2v) is 6.74. The average Bonchev–Trinajstić information content (AvgIpc) is 2.87. The fraction of sp³-hybridized carbons (Fsp3) is 0.600. The third-order valence-electron chi connectivity index (χ3n) is 4.47. The van der Waals surface area contributed by atoms with Gasteiger partial charge in [0.05, 0.1) is 5.56 Å². The standard InChI is InChI=1S/C15H18BrF3N2/c16-13-4-3-10(15(17,18)19)8-14(13)20-11-5-7-21-6-1-2-12(21)9-11/h3-4,8,11-12,20H,1-2,5-7,9H2. The van der Waals surface area contributed by atoms with Crippen molar-refractivity contribution >= 4 is 21.6 Å². The highest BCUT2D eigenvalue weighted by Gasteiger charge is 2.33. The van der Waals surface area contributed by atoms with Crippen LogP contribution in [0, 0.1) is 0 Å². The van der Waals surface area contributed by atoms with E-state index in [1.165, 1.54) is 31.5 Å². The minimum absolute atomic E-state index is 0.254. The molecule has 2 nitrogen and oxygen atoms in total. The molecule has 2 saturated heterocycles. The molecular weight excluding hydrogens is 345 g/mol. The molecule has 0 spiro atoms. The number of hydrogen-bond acceptors (Lipinski definition) is 2. The number of halogens is 4. The largest absolute Gasteiger partial charge is 0.416 e. The molecule has 6 heteroatoms. The second-order valence-electron chi connectivity index (χ2n) is 5.89. The van der Waals surface area contributed by atoms with Gasteiger partial charge in [-0.15, -0.1) is 0 Å². The van der Waals surface area contributed by atoms with Crippen molar-refractivity contribution in [3.05, 3.63) is 28.2 Å². The van der Waals surface area contributed by atoms with E-state index < -0.39 is 11.7 Å². The molecule has 0 aromatic heterocycles. The molecule has 1 N–H and O–H groups in total. The quantitative estimate of drug-likeness (QED) is 0.832. The first-order valence-corrected chi connectivity index (χ1v) is 8.10. The van der Waals surface area contributed by atoms with E-state index in [1.807, 2.05) is 0 Å². The molecule has 0 radical (unpaired) electrons. The van der Waals surface area contributed by atoms with Gasteiger partial charge >= 0.3 is 6.18 Å². The molecule has 2 fully saturated rings. The van der Waals surface area contributed by atoms with Gasteiger partial charge < -0.3 is 10.2 Å². The van der Waals surface area contributed by atoms with E-state index in [0.29, 0.717) is 16.2 Å². The summed E-state index contributed by atoms with van der Waals surface area (Å²) in [6, 6.07) is 4.63. The Bertz CT molecular complexity index is 518. The number of anilines is 1. The van der Waals surface area contributed by atoms with Gasteiger partial charge in [-0.25, -0.2) is 0 Å². The lowest BCUT2D eigenvalue weighted by atomic mass is 9.97. The molecule has 21 heavy (non-hydrogen) atoms. The van der Waals surface area contributed by atoms with Crippen LogP contribution in [0.2, 0.25) is 0 Å². The van der Waals surface area contributed by atoms with Crippen LogP contribution in [0.15, 0.2) is 22.7 Å². The Balaban J connectivity index is 1.72. The van der Waals surface area contributed by atoms with Crippen molar-refractivity contribution in [1.82, 2.24) is 4.90 Å². The predicted molar refractivity (Wildman–Crippen MR) is 80.4 cm³/mol. The van der Waals surface area contributed by atoms with E-state index in [-0.39, 0.29) is 6.04 Å². The Morgan fingerprint density at radius 3 is 2.76 bits per heavy atom. The third kappa shape index (κ3) is 3.37. The van der Waals surface area contributed by atoms with Crippen LogP contribution in [0.3, 0.4) is 0 Å². The van der Waals surface area contributed by atoms with Crippen LogP contribution in [0.5, 0.6) is 0 Å². The molecule has 0 aliphatic carbocycles. The van der Waals surface area contributed by atoms with Crippen molar-refractivity contribution in [3.63, 3.8) is 0 Å². The smallest absolute Gasteiger partial charge is 0.381 e. The molecule has 0 saturated carbocycles. The summed E-state index contributed by atoms with van der Waals surface area (Å²) in [4.78, 5) is 2.50. The number of benzene rings is 1. The normalized spacial score (nSPS) is 26.7. The second kappa shape index (κ2) is 5.80. The van der Waals surface area contributed by atoms with E-state index in [0.717, 1.165) is 25.5 Å². The number of alkyl halides is 3. The summed E-state index contributed by atoms with van der Waals surface area (Å²) in [6.07, 6.45) is 0.153. The van der Waals surface area contributed by atoms with E-state index >= 15 is 0 Å². The van der Waals surface area contributed by atoms with Crippen LogP contribution in [0.4, 0.5) is 18.9 Å². The molecule has 2 aliphatic heterocycles. The highest BCUT2D eigenvalue weighted by Crippen LogP contribution is 2.35. The number of nitrogens with one attached hydrogen (secondary N) is 1. The van der Waals surface area contributed by atoms with Gasteiger partial charge in [-0.05, 0) is 66.4 Å². The van der Waals surface area contributed by atoms with Gasteiger partial charge in [-0.2, -0.15) is 13.2 Å². The molecule has 1 aromatic carbocycles. The van der Waals surface area contributed by atoms with E-state index in [1.54, 1.807) is 0 Å². The topological polar surface area (TPSA) is 15.3 Å². The summed E-state index contributed by atoms with van der Waals surface area (Å²) in [5.74, 6) is 0. The summed E-state index contributed by atoms with van der Waals surface area (Å²) in [5.41, 5.74) is -0.0622. The third-order valence-corrected chi connectivity index (χ3v) is 5.17. The van der Waals surface area contributed by atoms with Crippen molar-refractivity contribution in [2.75, 3.05) is 18.4 Å². The van der Waals surface area contributed by atoms with Crippen molar-refractivity contribution in [3.8, 4) is 0 Å². The lowest BCUT2D eigenvalue weighted by Crippen LogP contribution is -2.42. The zero-order valence-electron chi connectivity index (χ0n) is 11.6. The number of piperidine rings is 1. The minimum atomic E-state index is -4.30. The fourth-order valence-electron chi connectivity index (χ4n) is 3.39. The average molecular weight is 363 g/mol. The predicted octanol–water partition coefficient (Wildman–Crippen LogP) is 4.51. The van der Waals surface area contributed by atoms with Gasteiger partial charge in [0.2, 0.25) is 0 Å². The Morgan fingerprint density at radius 2 is 2.00 bits per heavy atom. The Labute approximate surface area is 130 Å². The maximum absolute atomic E-state index is 12.8. The molecule has 2 atom stereocenters. The van der Waals surface area contributed by atoms with E-state index in [2.05, 4.69) is 26.1 Å². The molecule has 2 heterocycles. The van der Waals surface area contributed by atoms with Crippen LogP contribution in [0.25, 0.3) is 0 Å². The molecule has 1 aromatic rings. The first-order valence-electron chi connectivity index (χ1n) is 7.31. The van der Waals surface area contributed by atoms with Crippen LogP contribution < -0.4 is 5.32 Å². The van der Waals surface area contributed by atoms with Crippen LogP contribution in [-0.2, 0) is 6.18 Å². The lowest BCUT2D eigenvalue weighted by Gasteiger charge is -2.35. The summed E-state index contributed by atoms with van der Waals surface area (Å²) >= 11 is 3.34. The van der Waals surface area contributed by atoms with Crippen molar-refractivity contribution in [2.24, 2.45) is 0 Å². The van der Waals surface area contributed by atoms with Crippen molar-refractivity contribution in [1.29, 1.82) is 0 Å². The van der Waals surface area contributed by atoms with Crippen molar-refractivity contribution in [2.45, 2.75) is 43.9 Å². The van der Waals surface area contributed by atoms with E-state index in [9.17, 15) is 13.2 Å². The van der Waals surface area contributed by atoms with Gasteiger partial charge in [-0.1, -0.05) is 0 Å². The first-order chi connectivity index (χ1) is 9.93. The highest BCUT2D eigenvalue weighted by atomic mass is 79.9. The first kappa shape index (κ1) is 15.2. The molecule has 2 unspecified atom stereocenters. The van der Waals surface area contributed by atoms with Crippen LogP contribution in [0.1, 0.15) is 31.2 Å². The fourth-order valence-corrected chi connectivity index (χ4v) is 3.75. The highest BCUT2D eigenvalue weighted by molar-refractivity contribution is 9.10. The molecule has 0 amide bonds. The van der Waals surface area contributed by atoms with Gasteiger partial charge in [-0.3, -0.25) is 0 Å². The number of rotatable bonds is 2. The minimum Gasteiger partial charge on any atom is -0.381 e. The molecular formula is C15H18BrF3N2. The van der Waals surface area contributed by atoms with Gasteiger partial charge in [0.15, 0.2) is 0 Å². The lowest BCUT2D eigenvalue weighted by molar-refractivity contribution is -0.137. The van der Waals surface area contributed by atoms with Crippen LogP contribution >= 0.6 is 15.9 Å². The number of nitrogens with zero attached hydrogens (tertiary/aromatic N) is 1. The summed E-state index contributed by atoms with van der Waals surface area (Å²) in [6.45, 7) is 2.21. The Kier molecular flexibility index (Phi) is 4.19.